The minimum atomic E-state index is -4.36. The van der Waals surface area contributed by atoms with Crippen molar-refractivity contribution in [1.82, 2.24) is 0 Å². The molecular weight excluding hydrogens is 510 g/mol. The summed E-state index contributed by atoms with van der Waals surface area (Å²) in [4.78, 5) is 14.0. The molecule has 2 N–H and O–H groups in total. The standard InChI is InChI=1S/C23H21N3O8S2/c1-3-25-20-14-18(36(31,32)33)12-13-21(20)34-22(25)7-5-4-6-19-15(2)24-26(23(19)27)16-8-10-17(11-9-16)35(28,29)30/h4-14H,3H2,1-2H3,(H,28,29,30)(H,31,32,33)/b5-4+,19-6-,22-7+. The van der Waals surface area contributed by atoms with Crippen molar-refractivity contribution < 1.29 is 35.5 Å². The Morgan fingerprint density at radius 1 is 0.944 bits per heavy atom. The fraction of sp³-hybridized carbons (Fsp3) is 0.130. The molecule has 2 aromatic carbocycles. The van der Waals surface area contributed by atoms with Crippen LogP contribution in [0.3, 0.4) is 0 Å². The number of carbonyl (C=O) groups excluding carboxylic acids is 1. The number of fused-ring (bicyclic) bond motifs is 1. The molecule has 0 atom stereocenters. The zero-order chi connectivity index (χ0) is 26.3. The maximum absolute atomic E-state index is 12.8. The van der Waals surface area contributed by atoms with Crippen LogP contribution in [0.2, 0.25) is 0 Å². The molecule has 0 bridgehead atoms. The number of carbonyl (C=O) groups is 1. The Kier molecular flexibility index (Phi) is 6.58. The molecule has 2 heterocycles. The molecule has 0 aliphatic carbocycles. The van der Waals surface area contributed by atoms with E-state index in [2.05, 4.69) is 5.10 Å². The Labute approximate surface area is 207 Å². The van der Waals surface area contributed by atoms with Crippen LogP contribution >= 0.6 is 0 Å². The number of amides is 1. The second kappa shape index (κ2) is 9.35. The maximum atomic E-state index is 12.8. The molecule has 36 heavy (non-hydrogen) atoms. The van der Waals surface area contributed by atoms with Crippen LogP contribution < -0.4 is 14.6 Å². The Balaban J connectivity index is 1.51. The monoisotopic (exact) mass is 531 g/mol. The quantitative estimate of drug-likeness (QED) is 0.423. The van der Waals surface area contributed by atoms with Crippen molar-refractivity contribution in [1.29, 1.82) is 0 Å². The van der Waals surface area contributed by atoms with Gasteiger partial charge in [0.15, 0.2) is 5.75 Å². The van der Waals surface area contributed by atoms with Gasteiger partial charge in [-0.05, 0) is 68.5 Å². The molecule has 0 saturated carbocycles. The summed E-state index contributed by atoms with van der Waals surface area (Å²) < 4.78 is 69.5. The summed E-state index contributed by atoms with van der Waals surface area (Å²) in [5, 5.41) is 5.35. The van der Waals surface area contributed by atoms with Gasteiger partial charge in [-0.25, -0.2) is 0 Å². The average Bonchev–Trinajstić information content (AvgIpc) is 3.31. The summed E-state index contributed by atoms with van der Waals surface area (Å²) in [5.74, 6) is 0.451. The number of benzene rings is 2. The van der Waals surface area contributed by atoms with E-state index < -0.39 is 26.1 Å². The molecule has 0 unspecified atom stereocenters. The van der Waals surface area contributed by atoms with Gasteiger partial charge in [-0.2, -0.15) is 26.9 Å². The third-order valence-electron chi connectivity index (χ3n) is 5.37. The smallest absolute Gasteiger partial charge is 0.294 e. The largest absolute Gasteiger partial charge is 0.439 e. The Bertz CT molecular complexity index is 1570. The third kappa shape index (κ3) is 4.95. The lowest BCUT2D eigenvalue weighted by Gasteiger charge is -2.15. The first-order valence-corrected chi connectivity index (χ1v) is 13.4. The first kappa shape index (κ1) is 25.3. The summed E-state index contributed by atoms with van der Waals surface area (Å²) in [5.41, 5.74) is 1.61. The minimum Gasteiger partial charge on any atom is -0.439 e. The SMILES string of the molecule is CCN1\C(=C/C=C/C=C2\C(=O)N(c3ccc(S(=O)(=O)O)cc3)N=C2C)Oc2ccc(S(=O)(=O)O)cc21. The second-order valence-electron chi connectivity index (χ2n) is 7.69. The van der Waals surface area contributed by atoms with E-state index in [-0.39, 0.29) is 9.79 Å². The molecule has 13 heteroatoms. The van der Waals surface area contributed by atoms with Crippen LogP contribution in [0.5, 0.6) is 5.75 Å². The first-order valence-electron chi connectivity index (χ1n) is 10.5. The number of anilines is 2. The van der Waals surface area contributed by atoms with Crippen LogP contribution in [0.1, 0.15) is 13.8 Å². The van der Waals surface area contributed by atoms with Crippen LogP contribution in [-0.2, 0) is 25.0 Å². The second-order valence-corrected chi connectivity index (χ2v) is 10.5. The molecular formula is C23H21N3O8S2. The van der Waals surface area contributed by atoms with Crippen molar-refractivity contribution in [3.63, 3.8) is 0 Å². The highest BCUT2D eigenvalue weighted by Gasteiger charge is 2.29. The van der Waals surface area contributed by atoms with E-state index in [0.717, 1.165) is 5.01 Å². The van der Waals surface area contributed by atoms with E-state index in [1.807, 2.05) is 6.92 Å². The van der Waals surface area contributed by atoms with Crippen LogP contribution in [0.15, 0.2) is 93.1 Å². The number of hydrogen-bond acceptors (Lipinski definition) is 8. The van der Waals surface area contributed by atoms with Crippen molar-refractivity contribution in [3.05, 3.63) is 78.2 Å². The van der Waals surface area contributed by atoms with E-state index in [9.17, 15) is 26.2 Å². The van der Waals surface area contributed by atoms with E-state index in [0.29, 0.717) is 40.8 Å². The van der Waals surface area contributed by atoms with Gasteiger partial charge >= 0.3 is 0 Å². The van der Waals surface area contributed by atoms with Crippen LogP contribution in [0.25, 0.3) is 0 Å². The first-order chi connectivity index (χ1) is 16.9. The number of ether oxygens (including phenoxy) is 1. The molecule has 0 radical (unpaired) electrons. The van der Waals surface area contributed by atoms with E-state index >= 15 is 0 Å². The molecule has 2 aromatic rings. The summed E-state index contributed by atoms with van der Waals surface area (Å²) >= 11 is 0. The van der Waals surface area contributed by atoms with Gasteiger partial charge in [-0.3, -0.25) is 13.9 Å². The number of allylic oxidation sites excluding steroid dienone is 4. The Morgan fingerprint density at radius 3 is 2.17 bits per heavy atom. The molecule has 1 amide bonds. The van der Waals surface area contributed by atoms with Crippen molar-refractivity contribution >= 4 is 43.2 Å². The third-order valence-corrected chi connectivity index (χ3v) is 7.09. The number of rotatable bonds is 6. The maximum Gasteiger partial charge on any atom is 0.294 e. The van der Waals surface area contributed by atoms with Gasteiger partial charge in [-0.15, -0.1) is 0 Å². The molecule has 2 aliphatic rings. The van der Waals surface area contributed by atoms with Crippen LogP contribution in [0, 0.1) is 0 Å². The van der Waals surface area contributed by atoms with Crippen LogP contribution in [0.4, 0.5) is 11.4 Å². The minimum absolute atomic E-state index is 0.239. The predicted octanol–water partition coefficient (Wildman–Crippen LogP) is 3.15. The van der Waals surface area contributed by atoms with Gasteiger partial charge in [0.25, 0.3) is 26.1 Å². The zero-order valence-electron chi connectivity index (χ0n) is 19.1. The van der Waals surface area contributed by atoms with Gasteiger partial charge in [0, 0.05) is 6.54 Å². The number of hydrogen-bond donors (Lipinski definition) is 2. The number of hydrazone groups is 1. The van der Waals surface area contributed by atoms with E-state index in [1.54, 1.807) is 36.1 Å². The van der Waals surface area contributed by atoms with Crippen LogP contribution in [-0.4, -0.2) is 44.1 Å². The zero-order valence-corrected chi connectivity index (χ0v) is 20.7. The molecule has 4 rings (SSSR count). The molecule has 0 spiro atoms. The van der Waals surface area contributed by atoms with Gasteiger partial charge in [0.1, 0.15) is 0 Å². The lowest BCUT2D eigenvalue weighted by Crippen LogP contribution is -2.21. The molecule has 0 aromatic heterocycles. The Morgan fingerprint density at radius 2 is 1.56 bits per heavy atom. The van der Waals surface area contributed by atoms with Crippen molar-refractivity contribution in [2.45, 2.75) is 23.6 Å². The average molecular weight is 532 g/mol. The predicted molar refractivity (Wildman–Crippen MR) is 132 cm³/mol. The van der Waals surface area contributed by atoms with Crippen molar-refractivity contribution in [2.75, 3.05) is 16.5 Å². The fourth-order valence-electron chi connectivity index (χ4n) is 3.63. The normalized spacial score (nSPS) is 18.3. The van der Waals surface area contributed by atoms with Gasteiger partial charge in [-0.1, -0.05) is 12.2 Å². The fourth-order valence-corrected chi connectivity index (χ4v) is 4.61. The van der Waals surface area contributed by atoms with Gasteiger partial charge in [0.05, 0.1) is 32.5 Å². The highest BCUT2D eigenvalue weighted by Crippen LogP contribution is 2.40. The molecule has 11 nitrogen and oxygen atoms in total. The lowest BCUT2D eigenvalue weighted by molar-refractivity contribution is -0.114. The van der Waals surface area contributed by atoms with E-state index in [1.165, 1.54) is 42.5 Å². The summed E-state index contributed by atoms with van der Waals surface area (Å²) in [6, 6.07) is 9.12. The summed E-state index contributed by atoms with van der Waals surface area (Å²) in [6.07, 6.45) is 6.48. The summed E-state index contributed by atoms with van der Waals surface area (Å²) in [6.45, 7) is 3.98. The molecule has 0 saturated heterocycles. The molecule has 188 valence electrons. The highest BCUT2D eigenvalue weighted by atomic mass is 32.2. The lowest BCUT2D eigenvalue weighted by atomic mass is 10.1. The summed E-state index contributed by atoms with van der Waals surface area (Å²) in [7, 11) is -8.71. The number of nitrogens with zero attached hydrogens (tertiary/aromatic N) is 3. The highest BCUT2D eigenvalue weighted by molar-refractivity contribution is 7.86. The molecule has 0 fully saturated rings. The van der Waals surface area contributed by atoms with Crippen molar-refractivity contribution in [3.8, 4) is 5.75 Å². The molecule has 2 aliphatic heterocycles. The van der Waals surface area contributed by atoms with E-state index in [4.69, 9.17) is 9.29 Å². The topological polar surface area (TPSA) is 154 Å². The van der Waals surface area contributed by atoms with Gasteiger partial charge < -0.3 is 9.64 Å². The van der Waals surface area contributed by atoms with Crippen molar-refractivity contribution in [2.24, 2.45) is 5.10 Å². The van der Waals surface area contributed by atoms with Gasteiger partial charge in [0.2, 0.25) is 5.88 Å². The Hall–Kier alpha value is -3.78.